The third-order valence-corrected chi connectivity index (χ3v) is 6.31. The number of carbonyl (C=O) groups excluding carboxylic acids is 1. The predicted molar refractivity (Wildman–Crippen MR) is 113 cm³/mol. The summed E-state index contributed by atoms with van der Waals surface area (Å²) in [5.41, 5.74) is 5.35. The monoisotopic (exact) mass is 377 g/mol. The van der Waals surface area contributed by atoms with Gasteiger partial charge in [-0.3, -0.25) is 9.69 Å². The summed E-state index contributed by atoms with van der Waals surface area (Å²) in [5, 5.41) is 6.50. The molecule has 0 aliphatic carbocycles. The molecule has 2 aliphatic heterocycles. The standard InChI is InChI=1S/C24H31N3O/c1-18(24(28)26-15-21-7-8-22-16-25-17-23(22)14-21)27-11-9-20(10-12-27)13-19-5-3-2-4-6-19/h2-8,14,18,20,25H,9-13,15-17H2,1H3,(H,26,28). The van der Waals surface area contributed by atoms with Gasteiger partial charge in [-0.05, 0) is 67.4 Å². The van der Waals surface area contributed by atoms with Gasteiger partial charge in [0.25, 0.3) is 0 Å². The Bertz CT molecular complexity index is 797. The minimum Gasteiger partial charge on any atom is -0.351 e. The first-order valence-electron chi connectivity index (χ1n) is 10.6. The normalized spacial score (nSPS) is 18.6. The van der Waals surface area contributed by atoms with Crippen LogP contribution in [0.25, 0.3) is 0 Å². The van der Waals surface area contributed by atoms with Crippen molar-refractivity contribution in [3.63, 3.8) is 0 Å². The van der Waals surface area contributed by atoms with E-state index in [-0.39, 0.29) is 11.9 Å². The largest absolute Gasteiger partial charge is 0.351 e. The quantitative estimate of drug-likeness (QED) is 0.812. The number of nitrogens with one attached hydrogen (secondary N) is 2. The topological polar surface area (TPSA) is 44.4 Å². The van der Waals surface area contributed by atoms with Gasteiger partial charge in [0.2, 0.25) is 5.91 Å². The van der Waals surface area contributed by atoms with E-state index in [0.717, 1.165) is 38.5 Å². The average Bonchev–Trinajstić information content (AvgIpc) is 3.21. The van der Waals surface area contributed by atoms with Crippen LogP contribution in [0, 0.1) is 5.92 Å². The van der Waals surface area contributed by atoms with Gasteiger partial charge in [0.15, 0.2) is 0 Å². The number of nitrogens with zero attached hydrogens (tertiary/aromatic N) is 1. The molecule has 0 saturated carbocycles. The van der Waals surface area contributed by atoms with Crippen LogP contribution in [0.1, 0.15) is 42.0 Å². The molecule has 4 heteroatoms. The van der Waals surface area contributed by atoms with E-state index in [4.69, 9.17) is 0 Å². The van der Waals surface area contributed by atoms with E-state index in [1.807, 2.05) is 6.92 Å². The molecule has 148 valence electrons. The first kappa shape index (κ1) is 19.2. The number of benzene rings is 2. The summed E-state index contributed by atoms with van der Waals surface area (Å²) in [6.45, 7) is 6.57. The van der Waals surface area contributed by atoms with Crippen molar-refractivity contribution >= 4 is 5.91 Å². The molecule has 0 bridgehead atoms. The second-order valence-corrected chi connectivity index (χ2v) is 8.27. The lowest BCUT2D eigenvalue weighted by Crippen LogP contribution is -2.48. The van der Waals surface area contributed by atoms with Gasteiger partial charge in [0.05, 0.1) is 6.04 Å². The van der Waals surface area contributed by atoms with Gasteiger partial charge in [-0.15, -0.1) is 0 Å². The molecule has 0 spiro atoms. The van der Waals surface area contributed by atoms with Crippen molar-refractivity contribution < 1.29 is 4.79 Å². The molecule has 28 heavy (non-hydrogen) atoms. The maximum atomic E-state index is 12.7. The van der Waals surface area contributed by atoms with Gasteiger partial charge >= 0.3 is 0 Å². The van der Waals surface area contributed by atoms with E-state index in [0.29, 0.717) is 6.54 Å². The molecule has 1 saturated heterocycles. The highest BCUT2D eigenvalue weighted by Gasteiger charge is 2.26. The molecule has 0 aromatic heterocycles. The molecule has 1 amide bonds. The van der Waals surface area contributed by atoms with Crippen LogP contribution in [0.5, 0.6) is 0 Å². The van der Waals surface area contributed by atoms with E-state index >= 15 is 0 Å². The molecule has 1 atom stereocenters. The molecule has 2 heterocycles. The minimum absolute atomic E-state index is 0.0613. The highest BCUT2D eigenvalue weighted by Crippen LogP contribution is 2.23. The highest BCUT2D eigenvalue weighted by molar-refractivity contribution is 5.81. The van der Waals surface area contributed by atoms with Crippen molar-refractivity contribution in [3.8, 4) is 0 Å². The van der Waals surface area contributed by atoms with Crippen LogP contribution < -0.4 is 10.6 Å². The first-order valence-corrected chi connectivity index (χ1v) is 10.6. The Kier molecular flexibility index (Phi) is 6.08. The van der Waals surface area contributed by atoms with Crippen LogP contribution in [0.3, 0.4) is 0 Å². The van der Waals surface area contributed by atoms with E-state index in [9.17, 15) is 4.79 Å². The van der Waals surface area contributed by atoms with Crippen molar-refractivity contribution in [1.82, 2.24) is 15.5 Å². The fourth-order valence-corrected chi connectivity index (χ4v) is 4.45. The Morgan fingerprint density at radius 1 is 1.07 bits per heavy atom. The number of amides is 1. The van der Waals surface area contributed by atoms with Gasteiger partial charge in [-0.2, -0.15) is 0 Å². The minimum atomic E-state index is -0.0613. The van der Waals surface area contributed by atoms with Crippen LogP contribution in [-0.4, -0.2) is 29.9 Å². The molecule has 2 aliphatic rings. The lowest BCUT2D eigenvalue weighted by molar-refractivity contribution is -0.126. The van der Waals surface area contributed by atoms with E-state index in [1.54, 1.807) is 0 Å². The molecule has 2 N–H and O–H groups in total. The van der Waals surface area contributed by atoms with Crippen molar-refractivity contribution in [2.45, 2.75) is 51.9 Å². The van der Waals surface area contributed by atoms with Crippen LogP contribution in [-0.2, 0) is 30.8 Å². The van der Waals surface area contributed by atoms with Crippen LogP contribution in [0.2, 0.25) is 0 Å². The fourth-order valence-electron chi connectivity index (χ4n) is 4.45. The number of hydrogen-bond acceptors (Lipinski definition) is 3. The number of likely N-dealkylation sites (tertiary alicyclic amines) is 1. The van der Waals surface area contributed by atoms with Crippen molar-refractivity contribution in [3.05, 3.63) is 70.8 Å². The summed E-state index contributed by atoms with van der Waals surface area (Å²) in [6, 6.07) is 17.2. The van der Waals surface area contributed by atoms with E-state index in [1.165, 1.54) is 35.1 Å². The maximum Gasteiger partial charge on any atom is 0.237 e. The molecule has 2 aromatic carbocycles. The van der Waals surface area contributed by atoms with Crippen LogP contribution >= 0.6 is 0 Å². The third-order valence-electron chi connectivity index (χ3n) is 6.31. The van der Waals surface area contributed by atoms with Gasteiger partial charge in [-0.1, -0.05) is 48.5 Å². The van der Waals surface area contributed by atoms with Crippen molar-refractivity contribution in [2.24, 2.45) is 5.92 Å². The average molecular weight is 378 g/mol. The number of fused-ring (bicyclic) bond motifs is 1. The second kappa shape index (κ2) is 8.89. The van der Waals surface area contributed by atoms with Gasteiger partial charge in [-0.25, -0.2) is 0 Å². The number of rotatable bonds is 6. The van der Waals surface area contributed by atoms with Crippen LogP contribution in [0.15, 0.2) is 48.5 Å². The Hall–Kier alpha value is -2.17. The molecule has 2 aromatic rings. The third kappa shape index (κ3) is 4.62. The predicted octanol–water partition coefficient (Wildman–Crippen LogP) is 3.25. The van der Waals surface area contributed by atoms with Crippen molar-refractivity contribution in [2.75, 3.05) is 13.1 Å². The highest BCUT2D eigenvalue weighted by atomic mass is 16.2. The van der Waals surface area contributed by atoms with Crippen LogP contribution in [0.4, 0.5) is 0 Å². The zero-order chi connectivity index (χ0) is 19.3. The zero-order valence-electron chi connectivity index (χ0n) is 16.8. The molecule has 1 fully saturated rings. The Morgan fingerprint density at radius 2 is 1.82 bits per heavy atom. The smallest absolute Gasteiger partial charge is 0.237 e. The lowest BCUT2D eigenvalue weighted by Gasteiger charge is -2.35. The van der Waals surface area contributed by atoms with Crippen molar-refractivity contribution in [1.29, 1.82) is 0 Å². The first-order chi connectivity index (χ1) is 13.7. The maximum absolute atomic E-state index is 12.7. The number of hydrogen-bond donors (Lipinski definition) is 2. The Labute approximate surface area is 168 Å². The molecule has 4 rings (SSSR count). The molecule has 0 radical (unpaired) electrons. The zero-order valence-corrected chi connectivity index (χ0v) is 16.8. The molecule has 1 unspecified atom stereocenters. The Balaban J connectivity index is 1.23. The Morgan fingerprint density at radius 3 is 2.61 bits per heavy atom. The van der Waals surface area contributed by atoms with E-state index < -0.39 is 0 Å². The second-order valence-electron chi connectivity index (χ2n) is 8.27. The van der Waals surface area contributed by atoms with E-state index in [2.05, 4.69) is 64.1 Å². The molecule has 4 nitrogen and oxygen atoms in total. The summed E-state index contributed by atoms with van der Waals surface area (Å²) in [6.07, 6.45) is 3.50. The summed E-state index contributed by atoms with van der Waals surface area (Å²) >= 11 is 0. The fraction of sp³-hybridized carbons (Fsp3) is 0.458. The molecular weight excluding hydrogens is 346 g/mol. The number of carbonyl (C=O) groups is 1. The summed E-state index contributed by atoms with van der Waals surface area (Å²) in [5.74, 6) is 0.870. The summed E-state index contributed by atoms with van der Waals surface area (Å²) < 4.78 is 0. The summed E-state index contributed by atoms with van der Waals surface area (Å²) in [7, 11) is 0. The summed E-state index contributed by atoms with van der Waals surface area (Å²) in [4.78, 5) is 15.0. The van der Waals surface area contributed by atoms with Gasteiger partial charge in [0.1, 0.15) is 0 Å². The number of piperidine rings is 1. The SMILES string of the molecule is CC(C(=O)NCc1ccc2c(c1)CNC2)N1CCC(Cc2ccccc2)CC1. The van der Waals surface area contributed by atoms with Gasteiger partial charge in [0, 0.05) is 19.6 Å². The lowest BCUT2D eigenvalue weighted by atomic mass is 9.89. The molecular formula is C24H31N3O. The van der Waals surface area contributed by atoms with Gasteiger partial charge < -0.3 is 10.6 Å².